The Morgan fingerprint density at radius 1 is 1.33 bits per heavy atom. The van der Waals surface area contributed by atoms with Gasteiger partial charge in [-0.15, -0.1) is 0 Å². The minimum atomic E-state index is -0.695. The number of carboxylic acid groups (broad SMARTS) is 1. The first-order chi connectivity index (χ1) is 8.38. The van der Waals surface area contributed by atoms with E-state index < -0.39 is 5.97 Å². The zero-order valence-corrected chi connectivity index (χ0v) is 11.4. The first-order valence-electron chi connectivity index (χ1n) is 6.43. The van der Waals surface area contributed by atoms with Crippen LogP contribution in [0.25, 0.3) is 0 Å². The lowest BCUT2D eigenvalue weighted by molar-refractivity contribution is -0.139. The molecule has 18 heavy (non-hydrogen) atoms. The van der Waals surface area contributed by atoms with Crippen LogP contribution in [0.5, 0.6) is 0 Å². The smallest absolute Gasteiger partial charge is 0.303 e. The lowest BCUT2D eigenvalue weighted by Gasteiger charge is -2.24. The van der Waals surface area contributed by atoms with Crippen LogP contribution in [0.15, 0.2) is 18.2 Å². The Kier molecular flexibility index (Phi) is 3.33. The Balaban J connectivity index is 2.15. The second-order valence-electron chi connectivity index (χ2n) is 5.90. The number of anilines is 1. The summed E-state index contributed by atoms with van der Waals surface area (Å²) in [6.45, 7) is 8.06. The molecule has 0 amide bonds. The quantitative estimate of drug-likeness (QED) is 0.892. The van der Waals surface area contributed by atoms with Gasteiger partial charge in [-0.1, -0.05) is 13.0 Å². The summed E-state index contributed by atoms with van der Waals surface area (Å²) >= 11 is 0. The SMILES string of the molecule is Cc1cc(C)cc(N2CCC(C)(CC(=O)O)C2)c1. The van der Waals surface area contributed by atoms with E-state index in [1.807, 2.05) is 0 Å². The van der Waals surface area contributed by atoms with Gasteiger partial charge in [0.2, 0.25) is 0 Å². The Bertz CT molecular complexity index is 449. The van der Waals surface area contributed by atoms with Crippen molar-refractivity contribution in [2.24, 2.45) is 5.41 Å². The molecule has 0 aromatic heterocycles. The Labute approximate surface area is 108 Å². The maximum absolute atomic E-state index is 10.9. The number of nitrogens with zero attached hydrogens (tertiary/aromatic N) is 1. The van der Waals surface area contributed by atoms with Crippen LogP contribution in [-0.4, -0.2) is 24.2 Å². The standard InChI is InChI=1S/C15H21NO2/c1-11-6-12(2)8-13(7-11)16-5-4-15(3,10-16)9-14(17)18/h6-8H,4-5,9-10H2,1-3H3,(H,17,18). The van der Waals surface area contributed by atoms with Crippen molar-refractivity contribution >= 4 is 11.7 Å². The van der Waals surface area contributed by atoms with Crippen molar-refractivity contribution in [3.05, 3.63) is 29.3 Å². The lowest BCUT2D eigenvalue weighted by atomic mass is 9.86. The third kappa shape index (κ3) is 2.84. The van der Waals surface area contributed by atoms with Crippen molar-refractivity contribution in [1.82, 2.24) is 0 Å². The van der Waals surface area contributed by atoms with Gasteiger partial charge in [0.05, 0.1) is 6.42 Å². The van der Waals surface area contributed by atoms with E-state index in [2.05, 4.69) is 43.9 Å². The van der Waals surface area contributed by atoms with Crippen LogP contribution in [0.2, 0.25) is 0 Å². The van der Waals surface area contributed by atoms with Gasteiger partial charge in [0.1, 0.15) is 0 Å². The molecule has 1 heterocycles. The molecule has 1 N–H and O–H groups in total. The highest BCUT2D eigenvalue weighted by Crippen LogP contribution is 2.36. The van der Waals surface area contributed by atoms with Gasteiger partial charge in [-0.25, -0.2) is 0 Å². The summed E-state index contributed by atoms with van der Waals surface area (Å²) in [5, 5.41) is 8.97. The maximum atomic E-state index is 10.9. The van der Waals surface area contributed by atoms with E-state index in [1.165, 1.54) is 16.8 Å². The highest BCUT2D eigenvalue weighted by atomic mass is 16.4. The highest BCUT2D eigenvalue weighted by molar-refractivity contribution is 5.68. The van der Waals surface area contributed by atoms with Crippen molar-refractivity contribution < 1.29 is 9.90 Å². The molecule has 1 aliphatic rings. The van der Waals surface area contributed by atoms with Crippen molar-refractivity contribution in [3.8, 4) is 0 Å². The van der Waals surface area contributed by atoms with Gasteiger partial charge in [-0.2, -0.15) is 0 Å². The monoisotopic (exact) mass is 247 g/mol. The number of rotatable bonds is 3. The summed E-state index contributed by atoms with van der Waals surface area (Å²) in [5.41, 5.74) is 3.65. The third-order valence-corrected chi connectivity index (χ3v) is 3.71. The Morgan fingerprint density at radius 2 is 1.94 bits per heavy atom. The fourth-order valence-electron chi connectivity index (χ4n) is 2.89. The van der Waals surface area contributed by atoms with Crippen molar-refractivity contribution in [2.75, 3.05) is 18.0 Å². The molecule has 0 aliphatic carbocycles. The zero-order valence-electron chi connectivity index (χ0n) is 11.4. The van der Waals surface area contributed by atoms with Crippen LogP contribution < -0.4 is 4.90 Å². The average molecular weight is 247 g/mol. The van der Waals surface area contributed by atoms with Crippen molar-refractivity contribution in [3.63, 3.8) is 0 Å². The summed E-state index contributed by atoms with van der Waals surface area (Å²) in [6, 6.07) is 6.52. The second kappa shape index (κ2) is 4.63. The molecular weight excluding hydrogens is 226 g/mol. The van der Waals surface area contributed by atoms with Gasteiger partial charge in [-0.05, 0) is 48.9 Å². The van der Waals surface area contributed by atoms with E-state index in [0.29, 0.717) is 0 Å². The third-order valence-electron chi connectivity index (χ3n) is 3.71. The second-order valence-corrected chi connectivity index (χ2v) is 5.90. The fraction of sp³-hybridized carbons (Fsp3) is 0.533. The van der Waals surface area contributed by atoms with E-state index in [1.54, 1.807) is 0 Å². The van der Waals surface area contributed by atoms with Crippen LogP contribution in [0.1, 0.15) is 30.9 Å². The van der Waals surface area contributed by atoms with Gasteiger partial charge in [-0.3, -0.25) is 4.79 Å². The molecule has 1 atom stereocenters. The molecule has 3 heteroatoms. The Hall–Kier alpha value is -1.51. The molecule has 2 rings (SSSR count). The minimum absolute atomic E-state index is 0.0938. The molecule has 1 unspecified atom stereocenters. The van der Waals surface area contributed by atoms with Gasteiger partial charge in [0.25, 0.3) is 0 Å². The van der Waals surface area contributed by atoms with Crippen LogP contribution in [-0.2, 0) is 4.79 Å². The topological polar surface area (TPSA) is 40.5 Å². The maximum Gasteiger partial charge on any atom is 0.303 e. The van der Waals surface area contributed by atoms with Crippen molar-refractivity contribution in [2.45, 2.75) is 33.6 Å². The molecule has 3 nitrogen and oxygen atoms in total. The first-order valence-corrected chi connectivity index (χ1v) is 6.43. The first kappa shape index (κ1) is 12.9. The summed E-state index contributed by atoms with van der Waals surface area (Å²) in [6.07, 6.45) is 1.21. The normalized spacial score (nSPS) is 23.4. The predicted molar refractivity (Wildman–Crippen MR) is 73.1 cm³/mol. The molecule has 0 saturated carbocycles. The molecule has 1 saturated heterocycles. The summed E-state index contributed by atoms with van der Waals surface area (Å²) in [5.74, 6) is -0.695. The van der Waals surface area contributed by atoms with Gasteiger partial charge in [0.15, 0.2) is 0 Å². The minimum Gasteiger partial charge on any atom is -0.481 e. The van der Waals surface area contributed by atoms with E-state index in [0.717, 1.165) is 19.5 Å². The number of aryl methyl sites for hydroxylation is 2. The average Bonchev–Trinajstić information content (AvgIpc) is 2.57. The number of aliphatic carboxylic acids is 1. The largest absolute Gasteiger partial charge is 0.481 e. The van der Waals surface area contributed by atoms with Crippen LogP contribution in [0.4, 0.5) is 5.69 Å². The number of carboxylic acids is 1. The highest BCUT2D eigenvalue weighted by Gasteiger charge is 2.35. The fourth-order valence-corrected chi connectivity index (χ4v) is 2.89. The predicted octanol–water partition coefficient (Wildman–Crippen LogP) is 2.99. The number of hydrogen-bond donors (Lipinski definition) is 1. The van der Waals surface area contributed by atoms with Gasteiger partial charge < -0.3 is 10.0 Å². The van der Waals surface area contributed by atoms with Crippen LogP contribution in [0.3, 0.4) is 0 Å². The van der Waals surface area contributed by atoms with Crippen molar-refractivity contribution in [1.29, 1.82) is 0 Å². The van der Waals surface area contributed by atoms with E-state index in [4.69, 9.17) is 5.11 Å². The summed E-state index contributed by atoms with van der Waals surface area (Å²) < 4.78 is 0. The molecule has 0 bridgehead atoms. The zero-order chi connectivity index (χ0) is 13.3. The molecule has 1 aromatic rings. The molecule has 1 fully saturated rings. The van der Waals surface area contributed by atoms with E-state index in [-0.39, 0.29) is 11.8 Å². The molecule has 0 spiro atoms. The van der Waals surface area contributed by atoms with Crippen LogP contribution >= 0.6 is 0 Å². The molecule has 1 aromatic carbocycles. The summed E-state index contributed by atoms with van der Waals surface area (Å²) in [7, 11) is 0. The Morgan fingerprint density at radius 3 is 2.50 bits per heavy atom. The number of carbonyl (C=O) groups is 1. The number of hydrogen-bond acceptors (Lipinski definition) is 2. The molecular formula is C15H21NO2. The number of benzene rings is 1. The van der Waals surface area contributed by atoms with Gasteiger partial charge in [0, 0.05) is 18.8 Å². The van der Waals surface area contributed by atoms with Gasteiger partial charge >= 0.3 is 5.97 Å². The summed E-state index contributed by atoms with van der Waals surface area (Å²) in [4.78, 5) is 13.2. The lowest BCUT2D eigenvalue weighted by Crippen LogP contribution is -2.27. The molecule has 0 radical (unpaired) electrons. The molecule has 98 valence electrons. The molecule has 1 aliphatic heterocycles. The van der Waals surface area contributed by atoms with E-state index in [9.17, 15) is 4.79 Å². The van der Waals surface area contributed by atoms with Crippen LogP contribution in [0, 0.1) is 19.3 Å². The van der Waals surface area contributed by atoms with E-state index >= 15 is 0 Å².